The van der Waals surface area contributed by atoms with E-state index in [-0.39, 0.29) is 5.91 Å². The van der Waals surface area contributed by atoms with Crippen molar-refractivity contribution in [3.63, 3.8) is 0 Å². The molecule has 0 spiro atoms. The first-order chi connectivity index (χ1) is 12.1. The molecular formula is C16H18Cl2N4O3. The molecule has 134 valence electrons. The Bertz CT molecular complexity index is 756. The maximum Gasteiger partial charge on any atom is 0.276 e. The molecule has 1 aromatic carbocycles. The number of halogens is 2. The summed E-state index contributed by atoms with van der Waals surface area (Å²) in [5.41, 5.74) is 2.72. The molecule has 0 aliphatic carbocycles. The highest BCUT2D eigenvalue weighted by Crippen LogP contribution is 2.36. The van der Waals surface area contributed by atoms with Crippen molar-refractivity contribution in [2.75, 3.05) is 32.2 Å². The van der Waals surface area contributed by atoms with Crippen molar-refractivity contribution in [2.45, 2.75) is 13.0 Å². The fraction of sp³-hybridized carbons (Fsp3) is 0.375. The number of methoxy groups -OCH3 is 1. The van der Waals surface area contributed by atoms with Gasteiger partial charge in [0.2, 0.25) is 0 Å². The SMILES string of the molecule is COCCOc1c(Cl)cc(NC(=O)c2n[nH]c3c2CNCC3)cc1Cl. The first kappa shape index (κ1) is 18.0. The van der Waals surface area contributed by atoms with Crippen LogP contribution in [0.5, 0.6) is 5.75 Å². The molecule has 2 aromatic rings. The van der Waals surface area contributed by atoms with Crippen LogP contribution in [0, 0.1) is 0 Å². The number of aromatic amines is 1. The van der Waals surface area contributed by atoms with Crippen molar-refractivity contribution >= 4 is 34.8 Å². The van der Waals surface area contributed by atoms with Crippen LogP contribution < -0.4 is 15.4 Å². The Morgan fingerprint density at radius 3 is 2.80 bits per heavy atom. The summed E-state index contributed by atoms with van der Waals surface area (Å²) in [6.07, 6.45) is 0.820. The topological polar surface area (TPSA) is 88.3 Å². The number of nitrogens with zero attached hydrogens (tertiary/aromatic N) is 1. The molecule has 0 unspecified atom stereocenters. The van der Waals surface area contributed by atoms with Gasteiger partial charge >= 0.3 is 0 Å². The maximum absolute atomic E-state index is 12.5. The Morgan fingerprint density at radius 1 is 1.32 bits per heavy atom. The molecule has 25 heavy (non-hydrogen) atoms. The van der Waals surface area contributed by atoms with Gasteiger partial charge in [-0.05, 0) is 12.1 Å². The molecular weight excluding hydrogens is 367 g/mol. The van der Waals surface area contributed by atoms with Gasteiger partial charge in [0.05, 0.1) is 16.7 Å². The summed E-state index contributed by atoms with van der Waals surface area (Å²) < 4.78 is 10.4. The number of anilines is 1. The van der Waals surface area contributed by atoms with Gasteiger partial charge in [0.1, 0.15) is 6.61 Å². The molecule has 0 fully saturated rings. The molecule has 3 N–H and O–H groups in total. The lowest BCUT2D eigenvalue weighted by Gasteiger charge is -2.14. The Hall–Kier alpha value is -1.80. The zero-order valence-corrected chi connectivity index (χ0v) is 15.1. The quantitative estimate of drug-likeness (QED) is 0.666. The van der Waals surface area contributed by atoms with Crippen LogP contribution in [0.4, 0.5) is 5.69 Å². The lowest BCUT2D eigenvalue weighted by Crippen LogP contribution is -2.25. The number of carbonyl (C=O) groups excluding carboxylic acids is 1. The number of hydrogen-bond acceptors (Lipinski definition) is 5. The number of rotatable bonds is 6. The van der Waals surface area contributed by atoms with Gasteiger partial charge in [-0.2, -0.15) is 5.10 Å². The van der Waals surface area contributed by atoms with Crippen molar-refractivity contribution in [2.24, 2.45) is 0 Å². The summed E-state index contributed by atoms with van der Waals surface area (Å²) in [5.74, 6) is 0.0427. The summed E-state index contributed by atoms with van der Waals surface area (Å²) >= 11 is 12.4. The van der Waals surface area contributed by atoms with Gasteiger partial charge in [-0.1, -0.05) is 23.2 Å². The molecule has 1 amide bonds. The number of hydrogen-bond donors (Lipinski definition) is 3. The third-order valence-corrected chi connectivity index (χ3v) is 4.37. The lowest BCUT2D eigenvalue weighted by molar-refractivity contribution is 0.102. The molecule has 0 atom stereocenters. The fourth-order valence-electron chi connectivity index (χ4n) is 2.60. The largest absolute Gasteiger partial charge is 0.488 e. The molecule has 9 heteroatoms. The van der Waals surface area contributed by atoms with Gasteiger partial charge in [-0.25, -0.2) is 0 Å². The van der Waals surface area contributed by atoms with E-state index >= 15 is 0 Å². The van der Waals surface area contributed by atoms with Gasteiger partial charge in [0.15, 0.2) is 11.4 Å². The molecule has 2 heterocycles. The van der Waals surface area contributed by atoms with Crippen LogP contribution in [0.2, 0.25) is 10.0 Å². The number of nitrogens with one attached hydrogen (secondary N) is 3. The van der Waals surface area contributed by atoms with Gasteiger partial charge in [-0.15, -0.1) is 0 Å². The van der Waals surface area contributed by atoms with E-state index in [9.17, 15) is 4.79 Å². The average Bonchev–Trinajstić information content (AvgIpc) is 3.01. The van der Waals surface area contributed by atoms with Gasteiger partial charge in [-0.3, -0.25) is 9.89 Å². The zero-order chi connectivity index (χ0) is 17.8. The Labute approximate surface area is 155 Å². The summed E-state index contributed by atoms with van der Waals surface area (Å²) in [6.45, 7) is 2.23. The molecule has 0 radical (unpaired) electrons. The average molecular weight is 385 g/mol. The smallest absolute Gasteiger partial charge is 0.276 e. The molecule has 1 aromatic heterocycles. The van der Waals surface area contributed by atoms with E-state index in [1.807, 2.05) is 0 Å². The van der Waals surface area contributed by atoms with Crippen LogP contribution in [-0.4, -0.2) is 43.0 Å². The highest BCUT2D eigenvalue weighted by atomic mass is 35.5. The van der Waals surface area contributed by atoms with Crippen LogP contribution >= 0.6 is 23.2 Å². The van der Waals surface area contributed by atoms with E-state index in [1.165, 1.54) is 0 Å². The number of carbonyl (C=O) groups is 1. The normalized spacial score (nSPS) is 13.4. The molecule has 0 saturated heterocycles. The third kappa shape index (κ3) is 4.07. The number of benzene rings is 1. The summed E-state index contributed by atoms with van der Waals surface area (Å²) in [6, 6.07) is 3.18. The third-order valence-electron chi connectivity index (χ3n) is 3.81. The van der Waals surface area contributed by atoms with Crippen LogP contribution in [-0.2, 0) is 17.7 Å². The van der Waals surface area contributed by atoms with Crippen molar-refractivity contribution in [3.8, 4) is 5.75 Å². The van der Waals surface area contributed by atoms with E-state index < -0.39 is 0 Å². The van der Waals surface area contributed by atoms with Crippen LogP contribution in [0.15, 0.2) is 12.1 Å². The number of amides is 1. The van der Waals surface area contributed by atoms with Crippen molar-refractivity contribution in [1.29, 1.82) is 0 Å². The minimum atomic E-state index is -0.318. The second-order valence-electron chi connectivity index (χ2n) is 5.52. The minimum Gasteiger partial charge on any atom is -0.488 e. The first-order valence-electron chi connectivity index (χ1n) is 7.79. The molecule has 7 nitrogen and oxygen atoms in total. The molecule has 3 rings (SSSR count). The van der Waals surface area contributed by atoms with Crippen molar-refractivity contribution in [1.82, 2.24) is 15.5 Å². The number of ether oxygens (including phenoxy) is 2. The number of fused-ring (bicyclic) bond motifs is 1. The van der Waals surface area contributed by atoms with E-state index in [1.54, 1.807) is 19.2 Å². The highest BCUT2D eigenvalue weighted by molar-refractivity contribution is 6.37. The Kier molecular flexibility index (Phi) is 5.80. The van der Waals surface area contributed by atoms with E-state index in [0.29, 0.717) is 46.9 Å². The van der Waals surface area contributed by atoms with Gasteiger partial charge < -0.3 is 20.1 Å². The number of aromatic nitrogens is 2. The van der Waals surface area contributed by atoms with Crippen molar-refractivity contribution < 1.29 is 14.3 Å². The second kappa shape index (κ2) is 8.05. The van der Waals surface area contributed by atoms with E-state index in [2.05, 4.69) is 20.8 Å². The van der Waals surface area contributed by atoms with Gasteiger partial charge in [0.25, 0.3) is 5.91 Å². The van der Waals surface area contributed by atoms with E-state index in [4.69, 9.17) is 32.7 Å². The standard InChI is InChI=1S/C16H18Cl2N4O3/c1-24-4-5-25-15-11(17)6-9(7-12(15)18)20-16(23)14-10-8-19-3-2-13(10)21-22-14/h6-7,19H,2-5,8H2,1H3,(H,20,23)(H,21,22). The predicted molar refractivity (Wildman–Crippen MR) is 95.8 cm³/mol. The number of H-pyrrole nitrogens is 1. The minimum absolute atomic E-state index is 0.310. The Balaban J connectivity index is 1.74. The summed E-state index contributed by atoms with van der Waals surface area (Å²) in [5, 5.41) is 13.7. The molecule has 0 bridgehead atoms. The van der Waals surface area contributed by atoms with Crippen molar-refractivity contribution in [3.05, 3.63) is 39.1 Å². The monoisotopic (exact) mass is 384 g/mol. The summed E-state index contributed by atoms with van der Waals surface area (Å²) in [4.78, 5) is 12.5. The maximum atomic E-state index is 12.5. The molecule has 0 saturated carbocycles. The first-order valence-corrected chi connectivity index (χ1v) is 8.54. The van der Waals surface area contributed by atoms with Crippen LogP contribution in [0.25, 0.3) is 0 Å². The lowest BCUT2D eigenvalue weighted by atomic mass is 10.1. The van der Waals surface area contributed by atoms with Crippen LogP contribution in [0.1, 0.15) is 21.7 Å². The molecule has 1 aliphatic heterocycles. The predicted octanol–water partition coefficient (Wildman–Crippen LogP) is 2.64. The van der Waals surface area contributed by atoms with E-state index in [0.717, 1.165) is 24.2 Å². The Morgan fingerprint density at radius 2 is 2.08 bits per heavy atom. The van der Waals surface area contributed by atoms with Gasteiger partial charge in [0, 0.05) is 43.6 Å². The summed E-state index contributed by atoms with van der Waals surface area (Å²) in [7, 11) is 1.58. The molecule has 1 aliphatic rings. The second-order valence-corrected chi connectivity index (χ2v) is 6.33. The fourth-order valence-corrected chi connectivity index (χ4v) is 3.20. The zero-order valence-electron chi connectivity index (χ0n) is 13.6. The highest BCUT2D eigenvalue weighted by Gasteiger charge is 2.22. The van der Waals surface area contributed by atoms with Crippen LogP contribution in [0.3, 0.4) is 0 Å².